The number of morpholine rings is 1. The minimum atomic E-state index is -3.53. The van der Waals surface area contributed by atoms with E-state index in [0.717, 1.165) is 45.3 Å². The van der Waals surface area contributed by atoms with Crippen molar-refractivity contribution in [1.29, 1.82) is 0 Å². The molecule has 2 aromatic heterocycles. The average Bonchev–Trinajstić information content (AvgIpc) is 3.36. The predicted octanol–water partition coefficient (Wildman–Crippen LogP) is 5.26. The molecule has 1 fully saturated rings. The SMILES string of the molecule is Cc1cccc(-c2[nH]c(C(C)C)nc2-c2cccc(-c3ccc(S(=O)(=O)N4CCOCC4)cc3)c2)n1. The van der Waals surface area contributed by atoms with Crippen LogP contribution in [0.1, 0.15) is 31.3 Å². The van der Waals surface area contributed by atoms with Crippen molar-refractivity contribution in [3.8, 4) is 33.8 Å². The highest BCUT2D eigenvalue weighted by molar-refractivity contribution is 7.89. The summed E-state index contributed by atoms with van der Waals surface area (Å²) in [4.78, 5) is 13.4. The quantitative estimate of drug-likeness (QED) is 0.389. The van der Waals surface area contributed by atoms with Crippen LogP contribution in [0.2, 0.25) is 0 Å². The number of nitrogens with one attached hydrogen (secondary N) is 1. The first-order valence-electron chi connectivity index (χ1n) is 12.2. The molecule has 1 aliphatic heterocycles. The van der Waals surface area contributed by atoms with Crippen molar-refractivity contribution in [1.82, 2.24) is 19.3 Å². The minimum absolute atomic E-state index is 0.242. The number of nitrogens with zero attached hydrogens (tertiary/aromatic N) is 3. The third kappa shape index (κ3) is 4.84. The van der Waals surface area contributed by atoms with Gasteiger partial charge in [0.05, 0.1) is 35.2 Å². The van der Waals surface area contributed by atoms with Gasteiger partial charge in [-0.1, -0.05) is 50.2 Å². The van der Waals surface area contributed by atoms with Gasteiger partial charge in [-0.25, -0.2) is 13.4 Å². The van der Waals surface area contributed by atoms with Crippen molar-refractivity contribution >= 4 is 10.0 Å². The molecule has 0 amide bonds. The molecule has 1 N–H and O–H groups in total. The molecular weight excluding hydrogens is 472 g/mol. The molecule has 186 valence electrons. The molecule has 0 spiro atoms. The van der Waals surface area contributed by atoms with Gasteiger partial charge < -0.3 is 9.72 Å². The topological polar surface area (TPSA) is 88.2 Å². The fraction of sp³-hybridized carbons (Fsp3) is 0.286. The summed E-state index contributed by atoms with van der Waals surface area (Å²) in [7, 11) is -3.53. The van der Waals surface area contributed by atoms with E-state index in [1.807, 2.05) is 55.5 Å². The van der Waals surface area contributed by atoms with Crippen LogP contribution < -0.4 is 0 Å². The number of imidazole rings is 1. The van der Waals surface area contributed by atoms with Crippen molar-refractivity contribution in [2.24, 2.45) is 0 Å². The molecule has 0 bridgehead atoms. The molecule has 3 heterocycles. The maximum Gasteiger partial charge on any atom is 0.243 e. The van der Waals surface area contributed by atoms with Crippen molar-refractivity contribution < 1.29 is 13.2 Å². The number of aromatic amines is 1. The number of H-pyrrole nitrogens is 1. The maximum atomic E-state index is 13.0. The highest BCUT2D eigenvalue weighted by Gasteiger charge is 2.26. The average molecular weight is 503 g/mol. The first-order valence-corrected chi connectivity index (χ1v) is 13.6. The van der Waals surface area contributed by atoms with E-state index >= 15 is 0 Å². The Balaban J connectivity index is 1.49. The number of aryl methyl sites for hydroxylation is 1. The van der Waals surface area contributed by atoms with E-state index in [1.54, 1.807) is 12.1 Å². The summed E-state index contributed by atoms with van der Waals surface area (Å²) in [6.45, 7) is 7.81. The summed E-state index contributed by atoms with van der Waals surface area (Å²) in [5.74, 6) is 1.15. The van der Waals surface area contributed by atoms with Crippen LogP contribution in [0.4, 0.5) is 0 Å². The smallest absolute Gasteiger partial charge is 0.243 e. The van der Waals surface area contributed by atoms with Gasteiger partial charge >= 0.3 is 0 Å². The van der Waals surface area contributed by atoms with E-state index in [2.05, 4.69) is 24.9 Å². The molecule has 0 atom stereocenters. The number of hydrogen-bond acceptors (Lipinski definition) is 5. The molecular formula is C28H30N4O3S. The molecule has 2 aromatic carbocycles. The standard InChI is InChI=1S/C28H30N4O3S/c1-19(2)28-30-26(27(31-28)25-9-4-6-20(3)29-25)23-8-5-7-22(18-23)21-10-12-24(13-11-21)36(33,34)32-14-16-35-17-15-32/h4-13,18-19H,14-17H2,1-3H3,(H,30,31). The van der Waals surface area contributed by atoms with Gasteiger partial charge in [-0.15, -0.1) is 0 Å². The van der Waals surface area contributed by atoms with Gasteiger partial charge in [-0.05, 0) is 48.4 Å². The zero-order chi connectivity index (χ0) is 25.3. The Morgan fingerprint density at radius 1 is 0.889 bits per heavy atom. The highest BCUT2D eigenvalue weighted by Crippen LogP contribution is 2.33. The van der Waals surface area contributed by atoms with Crippen molar-refractivity contribution in [3.63, 3.8) is 0 Å². The van der Waals surface area contributed by atoms with Crippen LogP contribution in [0.3, 0.4) is 0 Å². The van der Waals surface area contributed by atoms with E-state index in [-0.39, 0.29) is 5.92 Å². The first-order chi connectivity index (χ1) is 17.3. The van der Waals surface area contributed by atoms with Gasteiger partial charge in [0.25, 0.3) is 0 Å². The second kappa shape index (κ2) is 9.97. The number of hydrogen-bond donors (Lipinski definition) is 1. The Bertz CT molecular complexity index is 1470. The van der Waals surface area contributed by atoms with Crippen LogP contribution in [0, 0.1) is 6.92 Å². The summed E-state index contributed by atoms with van der Waals surface area (Å²) in [5, 5.41) is 0. The van der Waals surface area contributed by atoms with E-state index < -0.39 is 10.0 Å². The fourth-order valence-corrected chi connectivity index (χ4v) is 5.75. The van der Waals surface area contributed by atoms with E-state index in [9.17, 15) is 8.42 Å². The van der Waals surface area contributed by atoms with Gasteiger partial charge in [0, 0.05) is 30.3 Å². The van der Waals surface area contributed by atoms with Crippen LogP contribution in [-0.2, 0) is 14.8 Å². The van der Waals surface area contributed by atoms with Gasteiger partial charge in [0.15, 0.2) is 0 Å². The monoisotopic (exact) mass is 502 g/mol. The number of rotatable bonds is 6. The lowest BCUT2D eigenvalue weighted by Gasteiger charge is -2.26. The molecule has 5 rings (SSSR count). The lowest BCUT2D eigenvalue weighted by atomic mass is 10.0. The summed E-state index contributed by atoms with van der Waals surface area (Å²) < 4.78 is 32.7. The lowest BCUT2D eigenvalue weighted by molar-refractivity contribution is 0.0730. The molecule has 0 radical (unpaired) electrons. The predicted molar refractivity (Wildman–Crippen MR) is 141 cm³/mol. The van der Waals surface area contributed by atoms with E-state index in [0.29, 0.717) is 31.2 Å². The van der Waals surface area contributed by atoms with Gasteiger partial charge in [-0.3, -0.25) is 4.98 Å². The largest absolute Gasteiger partial charge is 0.379 e. The summed E-state index contributed by atoms with van der Waals surface area (Å²) in [5.41, 5.74) is 6.44. The second-order valence-electron chi connectivity index (χ2n) is 9.29. The Hall–Kier alpha value is -3.33. The third-order valence-electron chi connectivity index (χ3n) is 6.34. The van der Waals surface area contributed by atoms with Crippen LogP contribution in [-0.4, -0.2) is 54.0 Å². The van der Waals surface area contributed by atoms with E-state index in [4.69, 9.17) is 14.7 Å². The molecule has 7 nitrogen and oxygen atoms in total. The summed E-state index contributed by atoms with van der Waals surface area (Å²) >= 11 is 0. The van der Waals surface area contributed by atoms with Gasteiger partial charge in [0.1, 0.15) is 5.82 Å². The molecule has 0 unspecified atom stereocenters. The third-order valence-corrected chi connectivity index (χ3v) is 8.26. The zero-order valence-corrected chi connectivity index (χ0v) is 21.5. The first kappa shape index (κ1) is 24.4. The molecule has 1 saturated heterocycles. The molecule has 1 aliphatic rings. The lowest BCUT2D eigenvalue weighted by Crippen LogP contribution is -2.40. The Morgan fingerprint density at radius 3 is 2.28 bits per heavy atom. The normalized spacial score (nSPS) is 14.9. The zero-order valence-electron chi connectivity index (χ0n) is 20.7. The fourth-order valence-electron chi connectivity index (χ4n) is 4.34. The second-order valence-corrected chi connectivity index (χ2v) is 11.2. The van der Waals surface area contributed by atoms with Crippen molar-refractivity contribution in [2.75, 3.05) is 26.3 Å². The number of ether oxygens (including phenoxy) is 1. The molecule has 0 saturated carbocycles. The number of benzene rings is 2. The molecule has 4 aromatic rings. The number of sulfonamides is 1. The van der Waals surface area contributed by atoms with Crippen molar-refractivity contribution in [2.45, 2.75) is 31.6 Å². The maximum absolute atomic E-state index is 13.0. The Kier molecular flexibility index (Phi) is 6.75. The van der Waals surface area contributed by atoms with Crippen LogP contribution in [0.25, 0.3) is 33.8 Å². The Labute approximate surface area is 212 Å². The summed E-state index contributed by atoms with van der Waals surface area (Å²) in [6, 6.07) is 21.2. The van der Waals surface area contributed by atoms with Crippen LogP contribution in [0.5, 0.6) is 0 Å². The van der Waals surface area contributed by atoms with Crippen LogP contribution in [0.15, 0.2) is 71.6 Å². The van der Waals surface area contributed by atoms with Gasteiger partial charge in [0.2, 0.25) is 10.0 Å². The Morgan fingerprint density at radius 2 is 1.58 bits per heavy atom. The van der Waals surface area contributed by atoms with Crippen LogP contribution >= 0.6 is 0 Å². The summed E-state index contributed by atoms with van der Waals surface area (Å²) in [6.07, 6.45) is 0. The number of pyridine rings is 1. The molecule has 0 aliphatic carbocycles. The molecule has 36 heavy (non-hydrogen) atoms. The van der Waals surface area contributed by atoms with E-state index in [1.165, 1.54) is 4.31 Å². The highest BCUT2D eigenvalue weighted by atomic mass is 32.2. The van der Waals surface area contributed by atoms with Gasteiger partial charge in [-0.2, -0.15) is 4.31 Å². The number of aromatic nitrogens is 3. The molecule has 8 heteroatoms. The van der Waals surface area contributed by atoms with Crippen molar-refractivity contribution in [3.05, 3.63) is 78.2 Å². The minimum Gasteiger partial charge on any atom is -0.379 e.